The van der Waals surface area contributed by atoms with E-state index in [9.17, 15) is 0 Å². The van der Waals surface area contributed by atoms with E-state index in [2.05, 4.69) is 16.4 Å². The molecule has 0 unspecified atom stereocenters. The van der Waals surface area contributed by atoms with Gasteiger partial charge < -0.3 is 10.1 Å². The zero-order valence-electron chi connectivity index (χ0n) is 11.5. The molecule has 0 amide bonds. The van der Waals surface area contributed by atoms with Crippen molar-refractivity contribution in [1.29, 1.82) is 5.26 Å². The molecule has 1 aromatic carbocycles. The Hall–Kier alpha value is -2.38. The first-order chi connectivity index (χ1) is 9.83. The summed E-state index contributed by atoms with van der Waals surface area (Å²) in [5.74, 6) is 0.622. The number of ether oxygens (including phenoxy) is 1. The number of pyridine rings is 1. The summed E-state index contributed by atoms with van der Waals surface area (Å²) in [4.78, 5) is 4.28. The van der Waals surface area contributed by atoms with Crippen molar-refractivity contribution in [2.75, 3.05) is 13.7 Å². The molecule has 4 heteroatoms. The van der Waals surface area contributed by atoms with Gasteiger partial charge in [-0.1, -0.05) is 12.1 Å². The molecule has 0 saturated carbocycles. The van der Waals surface area contributed by atoms with E-state index in [4.69, 9.17) is 10.00 Å². The number of hydrogen-bond acceptors (Lipinski definition) is 4. The number of nitriles is 1. The van der Waals surface area contributed by atoms with Crippen LogP contribution in [0.5, 0.6) is 5.75 Å². The van der Waals surface area contributed by atoms with Gasteiger partial charge in [-0.2, -0.15) is 5.26 Å². The molecule has 0 radical (unpaired) electrons. The molecule has 2 rings (SSSR count). The molecule has 1 N–H and O–H groups in total. The van der Waals surface area contributed by atoms with Crippen molar-refractivity contribution in [3.05, 3.63) is 59.4 Å². The van der Waals surface area contributed by atoms with Gasteiger partial charge in [-0.05, 0) is 29.8 Å². The van der Waals surface area contributed by atoms with Crippen LogP contribution in [0.4, 0.5) is 0 Å². The number of methoxy groups -OCH3 is 1. The number of nitrogens with one attached hydrogen (secondary N) is 1. The molecule has 0 saturated heterocycles. The Bertz CT molecular complexity index is 590. The van der Waals surface area contributed by atoms with Crippen LogP contribution in [0.15, 0.2) is 42.6 Å². The molecular formula is C16H17N3O. The van der Waals surface area contributed by atoms with Crippen LogP contribution in [0.25, 0.3) is 0 Å². The predicted octanol–water partition coefficient (Wildman–Crippen LogP) is 2.29. The second-order valence-corrected chi connectivity index (χ2v) is 4.39. The first-order valence-electron chi connectivity index (χ1n) is 6.51. The molecule has 0 aliphatic rings. The monoisotopic (exact) mass is 267 g/mol. The number of rotatable bonds is 6. The van der Waals surface area contributed by atoms with Crippen molar-refractivity contribution in [3.63, 3.8) is 0 Å². The maximum atomic E-state index is 8.93. The van der Waals surface area contributed by atoms with Crippen molar-refractivity contribution in [1.82, 2.24) is 10.3 Å². The smallest absolute Gasteiger partial charge is 0.136 e. The predicted molar refractivity (Wildman–Crippen MR) is 77.4 cm³/mol. The fraction of sp³-hybridized carbons (Fsp3) is 0.250. The van der Waals surface area contributed by atoms with Crippen molar-refractivity contribution >= 4 is 0 Å². The van der Waals surface area contributed by atoms with Crippen LogP contribution in [0.2, 0.25) is 0 Å². The normalized spacial score (nSPS) is 10.0. The first-order valence-corrected chi connectivity index (χ1v) is 6.51. The van der Waals surface area contributed by atoms with Crippen molar-refractivity contribution < 1.29 is 4.74 Å². The fourth-order valence-corrected chi connectivity index (χ4v) is 1.93. The Morgan fingerprint density at radius 1 is 1.30 bits per heavy atom. The summed E-state index contributed by atoms with van der Waals surface area (Å²) in [6.07, 6.45) is 2.70. The zero-order valence-corrected chi connectivity index (χ0v) is 11.5. The largest absolute Gasteiger partial charge is 0.495 e. The van der Waals surface area contributed by atoms with Crippen molar-refractivity contribution in [2.45, 2.75) is 13.0 Å². The fourth-order valence-electron chi connectivity index (χ4n) is 1.93. The lowest BCUT2D eigenvalue weighted by atomic mass is 10.1. The van der Waals surface area contributed by atoms with Crippen LogP contribution < -0.4 is 10.1 Å². The third-order valence-corrected chi connectivity index (χ3v) is 3.00. The van der Waals surface area contributed by atoms with Gasteiger partial charge >= 0.3 is 0 Å². The van der Waals surface area contributed by atoms with E-state index in [1.165, 1.54) is 0 Å². The van der Waals surface area contributed by atoms with E-state index in [-0.39, 0.29) is 0 Å². The van der Waals surface area contributed by atoms with Gasteiger partial charge in [-0.3, -0.25) is 4.98 Å². The van der Waals surface area contributed by atoms with E-state index in [0.717, 1.165) is 30.8 Å². The van der Waals surface area contributed by atoms with E-state index < -0.39 is 0 Å². The minimum atomic E-state index is 0.560. The number of benzene rings is 1. The molecule has 0 aliphatic carbocycles. The first kappa shape index (κ1) is 14.0. The van der Waals surface area contributed by atoms with Crippen LogP contribution in [-0.4, -0.2) is 18.6 Å². The minimum absolute atomic E-state index is 0.560. The SMILES string of the molecule is COc1cc(CNCCc2ccccn2)ccc1C#N. The van der Waals surface area contributed by atoms with Crippen molar-refractivity contribution in [3.8, 4) is 11.8 Å². The van der Waals surface area contributed by atoms with Crippen LogP contribution in [0.1, 0.15) is 16.8 Å². The second-order valence-electron chi connectivity index (χ2n) is 4.39. The molecule has 0 fully saturated rings. The summed E-state index contributed by atoms with van der Waals surface area (Å²) in [6, 6.07) is 13.7. The molecule has 1 aromatic heterocycles. The summed E-state index contributed by atoms with van der Waals surface area (Å²) in [6.45, 7) is 1.61. The lowest BCUT2D eigenvalue weighted by Gasteiger charge is -2.08. The third-order valence-electron chi connectivity index (χ3n) is 3.00. The Morgan fingerprint density at radius 3 is 2.90 bits per heavy atom. The van der Waals surface area contributed by atoms with Gasteiger partial charge in [0.1, 0.15) is 11.8 Å². The topological polar surface area (TPSA) is 57.9 Å². The molecule has 0 spiro atoms. The molecule has 102 valence electrons. The minimum Gasteiger partial charge on any atom is -0.495 e. The highest BCUT2D eigenvalue weighted by atomic mass is 16.5. The average molecular weight is 267 g/mol. The Balaban J connectivity index is 1.84. The van der Waals surface area contributed by atoms with E-state index in [1.54, 1.807) is 19.4 Å². The Kier molecular flexibility index (Phi) is 5.10. The molecule has 4 nitrogen and oxygen atoms in total. The van der Waals surface area contributed by atoms with Gasteiger partial charge in [0, 0.05) is 31.4 Å². The van der Waals surface area contributed by atoms with Gasteiger partial charge in [0.15, 0.2) is 0 Å². The van der Waals surface area contributed by atoms with Crippen LogP contribution >= 0.6 is 0 Å². The quantitative estimate of drug-likeness (QED) is 0.816. The number of hydrogen-bond donors (Lipinski definition) is 1. The molecule has 0 atom stereocenters. The van der Waals surface area contributed by atoms with Crippen LogP contribution in [-0.2, 0) is 13.0 Å². The van der Waals surface area contributed by atoms with E-state index >= 15 is 0 Å². The van der Waals surface area contributed by atoms with Gasteiger partial charge in [-0.15, -0.1) is 0 Å². The maximum absolute atomic E-state index is 8.93. The van der Waals surface area contributed by atoms with Gasteiger partial charge in [-0.25, -0.2) is 0 Å². The van der Waals surface area contributed by atoms with Gasteiger partial charge in [0.05, 0.1) is 12.7 Å². The summed E-state index contributed by atoms with van der Waals surface area (Å²) in [5, 5.41) is 12.3. The van der Waals surface area contributed by atoms with E-state index in [0.29, 0.717) is 11.3 Å². The summed E-state index contributed by atoms with van der Waals surface area (Å²) < 4.78 is 5.19. The molecular weight excluding hydrogens is 250 g/mol. The second kappa shape index (κ2) is 7.27. The maximum Gasteiger partial charge on any atom is 0.136 e. The number of nitrogens with zero attached hydrogens (tertiary/aromatic N) is 2. The van der Waals surface area contributed by atoms with Crippen LogP contribution in [0, 0.1) is 11.3 Å². The lowest BCUT2D eigenvalue weighted by Crippen LogP contribution is -2.17. The summed E-state index contributed by atoms with van der Waals surface area (Å²) in [7, 11) is 1.58. The lowest BCUT2D eigenvalue weighted by molar-refractivity contribution is 0.412. The highest BCUT2D eigenvalue weighted by Gasteiger charge is 2.03. The standard InChI is InChI=1S/C16H17N3O/c1-20-16-10-13(5-6-14(16)11-17)12-18-9-7-15-4-2-3-8-19-15/h2-6,8,10,18H,7,9,12H2,1H3. The Morgan fingerprint density at radius 2 is 2.20 bits per heavy atom. The van der Waals surface area contributed by atoms with Gasteiger partial charge in [0.2, 0.25) is 0 Å². The van der Waals surface area contributed by atoms with E-state index in [1.807, 2.05) is 30.3 Å². The molecule has 0 bridgehead atoms. The van der Waals surface area contributed by atoms with Crippen molar-refractivity contribution in [2.24, 2.45) is 0 Å². The zero-order chi connectivity index (χ0) is 14.2. The summed E-state index contributed by atoms with van der Waals surface area (Å²) in [5.41, 5.74) is 2.74. The highest BCUT2D eigenvalue weighted by Crippen LogP contribution is 2.18. The molecule has 1 heterocycles. The number of aromatic nitrogens is 1. The molecule has 0 aliphatic heterocycles. The van der Waals surface area contributed by atoms with Crippen LogP contribution in [0.3, 0.4) is 0 Å². The third kappa shape index (κ3) is 3.81. The van der Waals surface area contributed by atoms with Gasteiger partial charge in [0.25, 0.3) is 0 Å². The summed E-state index contributed by atoms with van der Waals surface area (Å²) >= 11 is 0. The highest BCUT2D eigenvalue weighted by molar-refractivity contribution is 5.45. The Labute approximate surface area is 119 Å². The molecule has 20 heavy (non-hydrogen) atoms. The average Bonchev–Trinajstić information content (AvgIpc) is 2.52. The molecule has 2 aromatic rings.